The molecule has 8 heteroatoms. The third kappa shape index (κ3) is 5.20. The molecule has 0 aliphatic heterocycles. The predicted molar refractivity (Wildman–Crippen MR) is 177 cm³/mol. The molecule has 2 aliphatic rings. The zero-order chi connectivity index (χ0) is 33.9. The molecule has 3 aromatic carbocycles. The SMILES string of the molecule is CC(C)(C)C(=O)OC(OC(=O)C(C)(C)C)C1C(S(=O)(=O)c2ccccc2)C2(C)C(=O)C1(C)C(c1ccccc1)=C2c1ccccc1. The van der Waals surface area contributed by atoms with Gasteiger partial charge >= 0.3 is 11.9 Å². The highest BCUT2D eigenvalue weighted by Crippen LogP contribution is 2.72. The minimum atomic E-state index is -4.32. The van der Waals surface area contributed by atoms with Crippen LogP contribution in [0, 0.1) is 27.6 Å². The van der Waals surface area contributed by atoms with Crippen molar-refractivity contribution in [1.29, 1.82) is 0 Å². The Bertz CT molecular complexity index is 1770. The molecule has 3 aromatic rings. The summed E-state index contributed by atoms with van der Waals surface area (Å²) < 4.78 is 42.0. The predicted octanol–water partition coefficient (Wildman–Crippen LogP) is 7.17. The van der Waals surface area contributed by atoms with Crippen molar-refractivity contribution in [2.75, 3.05) is 0 Å². The lowest BCUT2D eigenvalue weighted by Gasteiger charge is -2.44. The van der Waals surface area contributed by atoms with Crippen molar-refractivity contribution in [3.63, 3.8) is 0 Å². The highest BCUT2D eigenvalue weighted by atomic mass is 32.2. The van der Waals surface area contributed by atoms with Crippen LogP contribution in [0.15, 0.2) is 95.9 Å². The largest absolute Gasteiger partial charge is 0.424 e. The number of ether oxygens (including phenoxy) is 2. The van der Waals surface area contributed by atoms with E-state index in [0.717, 1.165) is 5.56 Å². The highest BCUT2D eigenvalue weighted by Gasteiger charge is 2.77. The number of fused-ring (bicyclic) bond motifs is 2. The molecule has 4 atom stereocenters. The third-order valence-electron chi connectivity index (χ3n) is 9.29. The Morgan fingerprint density at radius 1 is 0.652 bits per heavy atom. The Morgan fingerprint density at radius 3 is 1.41 bits per heavy atom. The number of carbonyl (C=O) groups is 3. The standard InChI is InChI=1S/C38H42O7S/c1-35(2,3)33(40)44-31(45-34(41)36(4,5)6)29-30(46(42,43)26-22-16-11-17-23-26)38(8)28(25-20-14-10-15-21-25)27(37(29,7)32(38)39)24-18-12-9-13-19-24/h9-23,29-31H,1-8H3. The summed E-state index contributed by atoms with van der Waals surface area (Å²) in [5.41, 5.74) is -2.53. The minimum absolute atomic E-state index is 0.0203. The van der Waals surface area contributed by atoms with Crippen LogP contribution >= 0.6 is 0 Å². The van der Waals surface area contributed by atoms with Crippen LogP contribution in [-0.4, -0.2) is 37.7 Å². The van der Waals surface area contributed by atoms with Gasteiger partial charge in [-0.05, 0) is 89.8 Å². The second-order valence-corrected chi connectivity index (χ2v) is 16.8. The molecule has 1 saturated carbocycles. The molecule has 0 radical (unpaired) electrons. The molecule has 242 valence electrons. The van der Waals surface area contributed by atoms with E-state index in [4.69, 9.17) is 9.47 Å². The fourth-order valence-electron chi connectivity index (χ4n) is 7.05. The summed E-state index contributed by atoms with van der Waals surface area (Å²) in [5, 5.41) is -1.45. The van der Waals surface area contributed by atoms with Gasteiger partial charge in [0, 0.05) is 0 Å². The molecular formula is C38H42O7S. The second-order valence-electron chi connectivity index (χ2n) is 14.7. The van der Waals surface area contributed by atoms with Crippen LogP contribution in [-0.2, 0) is 33.7 Å². The highest BCUT2D eigenvalue weighted by molar-refractivity contribution is 7.92. The lowest BCUT2D eigenvalue weighted by Crippen LogP contribution is -2.52. The van der Waals surface area contributed by atoms with Gasteiger partial charge in [0.05, 0.1) is 37.7 Å². The van der Waals surface area contributed by atoms with Crippen LogP contribution in [0.5, 0.6) is 0 Å². The quantitative estimate of drug-likeness (QED) is 0.199. The Kier molecular flexibility index (Phi) is 8.21. The van der Waals surface area contributed by atoms with Gasteiger partial charge in [-0.1, -0.05) is 78.9 Å². The summed E-state index contributed by atoms with van der Waals surface area (Å²) >= 11 is 0. The van der Waals surface area contributed by atoms with E-state index in [0.29, 0.717) is 16.7 Å². The van der Waals surface area contributed by atoms with Gasteiger partial charge in [0.2, 0.25) is 0 Å². The van der Waals surface area contributed by atoms with Gasteiger partial charge in [0.15, 0.2) is 15.6 Å². The molecule has 46 heavy (non-hydrogen) atoms. The van der Waals surface area contributed by atoms with Crippen molar-refractivity contribution < 1.29 is 32.3 Å². The van der Waals surface area contributed by atoms with E-state index in [1.165, 1.54) is 12.1 Å². The molecule has 2 bridgehead atoms. The number of benzene rings is 3. The Morgan fingerprint density at radius 2 is 1.02 bits per heavy atom. The van der Waals surface area contributed by atoms with Gasteiger partial charge in [-0.25, -0.2) is 8.42 Å². The maximum atomic E-state index is 15.2. The van der Waals surface area contributed by atoms with Gasteiger partial charge in [-0.15, -0.1) is 0 Å². The molecule has 7 nitrogen and oxygen atoms in total. The first-order valence-electron chi connectivity index (χ1n) is 15.5. The van der Waals surface area contributed by atoms with Crippen molar-refractivity contribution in [2.24, 2.45) is 27.6 Å². The van der Waals surface area contributed by atoms with Crippen LogP contribution in [0.2, 0.25) is 0 Å². The maximum Gasteiger partial charge on any atom is 0.314 e. The number of rotatable bonds is 7. The zero-order valence-corrected chi connectivity index (χ0v) is 28.5. The van der Waals surface area contributed by atoms with Gasteiger partial charge in [0.1, 0.15) is 0 Å². The van der Waals surface area contributed by atoms with E-state index >= 15 is 4.79 Å². The van der Waals surface area contributed by atoms with Crippen LogP contribution in [0.1, 0.15) is 66.5 Å². The van der Waals surface area contributed by atoms with E-state index in [1.807, 2.05) is 60.7 Å². The Balaban J connectivity index is 1.89. The number of ketones is 1. The second kappa shape index (κ2) is 11.3. The summed E-state index contributed by atoms with van der Waals surface area (Å²) in [5.74, 6) is -2.99. The van der Waals surface area contributed by atoms with Crippen LogP contribution in [0.25, 0.3) is 11.1 Å². The fourth-order valence-corrected chi connectivity index (χ4v) is 9.51. The Labute approximate surface area is 271 Å². The number of sulfone groups is 1. The molecule has 5 rings (SSSR count). The topological polar surface area (TPSA) is 104 Å². The normalized spacial score (nSPS) is 24.8. The van der Waals surface area contributed by atoms with Crippen LogP contribution in [0.3, 0.4) is 0 Å². The summed E-state index contributed by atoms with van der Waals surface area (Å²) in [6.07, 6.45) is -1.69. The Hall–Kier alpha value is -4.04. The van der Waals surface area contributed by atoms with E-state index < -0.39 is 60.9 Å². The number of allylic oxidation sites excluding steroid dienone is 2. The first kappa shape index (κ1) is 33.3. The van der Waals surface area contributed by atoms with Crippen LogP contribution < -0.4 is 0 Å². The fraction of sp³-hybridized carbons (Fsp3) is 0.395. The molecule has 1 fully saturated rings. The van der Waals surface area contributed by atoms with Gasteiger partial charge in [-0.3, -0.25) is 14.4 Å². The molecule has 0 N–H and O–H groups in total. The van der Waals surface area contributed by atoms with E-state index in [2.05, 4.69) is 0 Å². The number of Topliss-reactive ketones (excluding diaryl/α,β-unsaturated/α-hetero) is 1. The molecule has 0 heterocycles. The van der Waals surface area contributed by atoms with Crippen molar-refractivity contribution in [1.82, 2.24) is 0 Å². The number of hydrogen-bond acceptors (Lipinski definition) is 7. The number of esters is 2. The smallest absolute Gasteiger partial charge is 0.314 e. The van der Waals surface area contributed by atoms with Crippen molar-refractivity contribution in [3.8, 4) is 0 Å². The molecule has 0 saturated heterocycles. The third-order valence-corrected chi connectivity index (χ3v) is 11.7. The molecule has 0 amide bonds. The monoisotopic (exact) mass is 642 g/mol. The summed E-state index contributed by atoms with van der Waals surface area (Å²) in [4.78, 5) is 42.3. The van der Waals surface area contributed by atoms with E-state index in [9.17, 15) is 18.0 Å². The summed E-state index contributed by atoms with van der Waals surface area (Å²) in [7, 11) is -4.32. The van der Waals surface area contributed by atoms with Gasteiger partial charge in [-0.2, -0.15) is 0 Å². The lowest BCUT2D eigenvalue weighted by atomic mass is 9.66. The first-order valence-corrected chi connectivity index (χ1v) is 17.0. The average molecular weight is 643 g/mol. The maximum absolute atomic E-state index is 15.2. The van der Waals surface area contributed by atoms with Gasteiger partial charge < -0.3 is 9.47 Å². The molecule has 4 unspecified atom stereocenters. The molecular weight excluding hydrogens is 600 g/mol. The summed E-state index contributed by atoms with van der Waals surface area (Å²) in [6.45, 7) is 13.3. The van der Waals surface area contributed by atoms with Crippen molar-refractivity contribution >= 4 is 38.7 Å². The zero-order valence-electron chi connectivity index (χ0n) is 27.7. The van der Waals surface area contributed by atoms with E-state index in [-0.39, 0.29) is 10.7 Å². The first-order chi connectivity index (χ1) is 21.4. The van der Waals surface area contributed by atoms with Crippen molar-refractivity contribution in [2.45, 2.75) is 71.8 Å². The molecule has 0 aromatic heterocycles. The summed E-state index contributed by atoms with van der Waals surface area (Å²) in [6, 6.07) is 26.6. The van der Waals surface area contributed by atoms with Crippen molar-refractivity contribution in [3.05, 3.63) is 102 Å². The molecule has 0 spiro atoms. The number of carbonyl (C=O) groups excluding carboxylic acids is 3. The average Bonchev–Trinajstić information content (AvgIpc) is 3.30. The minimum Gasteiger partial charge on any atom is -0.424 e. The van der Waals surface area contributed by atoms with E-state index in [1.54, 1.807) is 73.6 Å². The van der Waals surface area contributed by atoms with Gasteiger partial charge in [0.25, 0.3) is 6.29 Å². The van der Waals surface area contributed by atoms with Crippen LogP contribution in [0.4, 0.5) is 0 Å². The number of hydrogen-bond donors (Lipinski definition) is 0. The molecule has 2 aliphatic carbocycles. The lowest BCUT2D eigenvalue weighted by molar-refractivity contribution is -0.213.